The van der Waals surface area contributed by atoms with E-state index >= 15 is 0 Å². The first-order valence-electron chi connectivity index (χ1n) is 7.03. The van der Waals surface area contributed by atoms with Crippen molar-refractivity contribution in [3.63, 3.8) is 0 Å². The average Bonchev–Trinajstić information content (AvgIpc) is 2.44. The van der Waals surface area contributed by atoms with E-state index in [-0.39, 0.29) is 12.5 Å². The third-order valence-corrected chi connectivity index (χ3v) is 3.23. The number of hydrogen-bond acceptors (Lipinski definition) is 3. The lowest BCUT2D eigenvalue weighted by atomic mass is 10.0. The quantitative estimate of drug-likeness (QED) is 0.615. The molecule has 0 unspecified atom stereocenters. The van der Waals surface area contributed by atoms with Crippen LogP contribution in [0.3, 0.4) is 0 Å². The number of carbonyl (C=O) groups is 2. The number of nitrogens with one attached hydrogen (secondary N) is 1. The molecule has 0 spiro atoms. The SMILES string of the molecule is CCCCCc1ccc(C(=O)NCC(=O)OC)c(C)c1. The predicted molar refractivity (Wildman–Crippen MR) is 78.8 cm³/mol. The van der Waals surface area contributed by atoms with Gasteiger partial charge >= 0.3 is 5.97 Å². The van der Waals surface area contributed by atoms with Gasteiger partial charge in [-0.15, -0.1) is 0 Å². The van der Waals surface area contributed by atoms with Crippen molar-refractivity contribution in [2.24, 2.45) is 0 Å². The fraction of sp³-hybridized carbons (Fsp3) is 0.500. The van der Waals surface area contributed by atoms with Crippen LogP contribution >= 0.6 is 0 Å². The fourth-order valence-corrected chi connectivity index (χ4v) is 2.04. The molecule has 1 amide bonds. The van der Waals surface area contributed by atoms with Crippen molar-refractivity contribution in [2.45, 2.75) is 39.5 Å². The van der Waals surface area contributed by atoms with Crippen LogP contribution in [0.2, 0.25) is 0 Å². The molecule has 0 aliphatic heterocycles. The summed E-state index contributed by atoms with van der Waals surface area (Å²) in [5.74, 6) is -0.694. The van der Waals surface area contributed by atoms with E-state index in [1.807, 2.05) is 25.1 Å². The van der Waals surface area contributed by atoms with Crippen LogP contribution in [-0.2, 0) is 16.0 Å². The van der Waals surface area contributed by atoms with Crippen LogP contribution < -0.4 is 5.32 Å². The number of rotatable bonds is 7. The zero-order chi connectivity index (χ0) is 15.0. The first-order chi connectivity index (χ1) is 9.58. The molecule has 110 valence electrons. The molecule has 0 saturated carbocycles. The maximum atomic E-state index is 11.9. The highest BCUT2D eigenvalue weighted by Gasteiger charge is 2.11. The van der Waals surface area contributed by atoms with Crippen LogP contribution in [0.15, 0.2) is 18.2 Å². The number of methoxy groups -OCH3 is 1. The lowest BCUT2D eigenvalue weighted by molar-refractivity contribution is -0.139. The fourth-order valence-electron chi connectivity index (χ4n) is 2.04. The number of carbonyl (C=O) groups excluding carboxylic acids is 2. The van der Waals surface area contributed by atoms with Crippen LogP contribution in [0.25, 0.3) is 0 Å². The van der Waals surface area contributed by atoms with E-state index in [1.54, 1.807) is 0 Å². The Labute approximate surface area is 120 Å². The molecule has 20 heavy (non-hydrogen) atoms. The number of benzene rings is 1. The minimum absolute atomic E-state index is 0.104. The molecule has 4 heteroatoms. The van der Waals surface area contributed by atoms with E-state index in [9.17, 15) is 9.59 Å². The highest BCUT2D eigenvalue weighted by Crippen LogP contribution is 2.13. The van der Waals surface area contributed by atoms with Crippen LogP contribution in [0.1, 0.15) is 47.7 Å². The minimum Gasteiger partial charge on any atom is -0.468 e. The van der Waals surface area contributed by atoms with Gasteiger partial charge in [0.25, 0.3) is 5.91 Å². The Bertz CT molecular complexity index is 469. The van der Waals surface area contributed by atoms with E-state index < -0.39 is 5.97 Å². The Morgan fingerprint density at radius 1 is 1.25 bits per heavy atom. The molecule has 0 fully saturated rings. The van der Waals surface area contributed by atoms with Gasteiger partial charge in [0, 0.05) is 5.56 Å². The lowest BCUT2D eigenvalue weighted by Crippen LogP contribution is -2.30. The maximum absolute atomic E-state index is 11.9. The molecule has 0 bridgehead atoms. The highest BCUT2D eigenvalue weighted by molar-refractivity contribution is 5.97. The molecule has 0 radical (unpaired) electrons. The predicted octanol–water partition coefficient (Wildman–Crippen LogP) is 2.63. The lowest BCUT2D eigenvalue weighted by Gasteiger charge is -2.09. The largest absolute Gasteiger partial charge is 0.468 e. The number of aryl methyl sites for hydroxylation is 2. The van der Waals surface area contributed by atoms with Crippen molar-refractivity contribution < 1.29 is 14.3 Å². The van der Waals surface area contributed by atoms with Crippen LogP contribution in [0.4, 0.5) is 0 Å². The third kappa shape index (κ3) is 5.03. The Morgan fingerprint density at radius 2 is 2.00 bits per heavy atom. The second-order valence-corrected chi connectivity index (χ2v) is 4.87. The van der Waals surface area contributed by atoms with Crippen molar-refractivity contribution in [1.29, 1.82) is 0 Å². The monoisotopic (exact) mass is 277 g/mol. The maximum Gasteiger partial charge on any atom is 0.325 e. The van der Waals surface area contributed by atoms with Crippen molar-refractivity contribution in [3.8, 4) is 0 Å². The summed E-state index contributed by atoms with van der Waals surface area (Å²) in [5.41, 5.74) is 2.79. The van der Waals surface area contributed by atoms with E-state index in [0.717, 1.165) is 12.0 Å². The van der Waals surface area contributed by atoms with Gasteiger partial charge in [0.15, 0.2) is 0 Å². The molecular weight excluding hydrogens is 254 g/mol. The smallest absolute Gasteiger partial charge is 0.325 e. The molecule has 0 aliphatic carbocycles. The summed E-state index contributed by atoms with van der Waals surface area (Å²) in [6.07, 6.45) is 4.63. The molecular formula is C16H23NO3. The van der Waals surface area contributed by atoms with Gasteiger partial charge < -0.3 is 10.1 Å². The highest BCUT2D eigenvalue weighted by atomic mass is 16.5. The number of unbranched alkanes of at least 4 members (excludes halogenated alkanes) is 2. The van der Waals surface area contributed by atoms with Crippen LogP contribution in [-0.4, -0.2) is 25.5 Å². The van der Waals surface area contributed by atoms with E-state index in [4.69, 9.17) is 0 Å². The Kier molecular flexibility index (Phi) is 6.77. The topological polar surface area (TPSA) is 55.4 Å². The Balaban J connectivity index is 2.62. The van der Waals surface area contributed by atoms with Gasteiger partial charge in [-0.2, -0.15) is 0 Å². The molecule has 4 nitrogen and oxygen atoms in total. The summed E-state index contributed by atoms with van der Waals surface area (Å²) < 4.78 is 4.49. The molecule has 1 N–H and O–H groups in total. The Hall–Kier alpha value is -1.84. The Morgan fingerprint density at radius 3 is 2.60 bits per heavy atom. The van der Waals surface area contributed by atoms with Gasteiger partial charge in [0.05, 0.1) is 7.11 Å². The molecule has 0 aromatic heterocycles. The van der Waals surface area contributed by atoms with Gasteiger partial charge in [-0.25, -0.2) is 0 Å². The van der Waals surface area contributed by atoms with Crippen molar-refractivity contribution in [3.05, 3.63) is 34.9 Å². The number of esters is 1. The first kappa shape index (κ1) is 16.2. The average molecular weight is 277 g/mol. The molecule has 0 atom stereocenters. The van der Waals surface area contributed by atoms with Crippen LogP contribution in [0.5, 0.6) is 0 Å². The van der Waals surface area contributed by atoms with Gasteiger partial charge in [-0.3, -0.25) is 9.59 Å². The molecule has 1 aromatic rings. The van der Waals surface area contributed by atoms with E-state index in [1.165, 1.54) is 31.9 Å². The molecule has 1 rings (SSSR count). The van der Waals surface area contributed by atoms with Crippen molar-refractivity contribution >= 4 is 11.9 Å². The summed E-state index contributed by atoms with van der Waals surface area (Å²) in [6, 6.07) is 5.85. The van der Waals surface area contributed by atoms with Gasteiger partial charge in [-0.1, -0.05) is 31.9 Å². The van der Waals surface area contributed by atoms with Gasteiger partial charge in [-0.05, 0) is 37.0 Å². The molecule has 0 aliphatic rings. The normalized spacial score (nSPS) is 10.2. The molecule has 0 heterocycles. The zero-order valence-corrected chi connectivity index (χ0v) is 12.5. The summed E-state index contributed by atoms with van der Waals surface area (Å²) in [4.78, 5) is 22.9. The summed E-state index contributed by atoms with van der Waals surface area (Å²) in [7, 11) is 1.30. The van der Waals surface area contributed by atoms with E-state index in [2.05, 4.69) is 17.0 Å². The van der Waals surface area contributed by atoms with E-state index in [0.29, 0.717) is 5.56 Å². The third-order valence-electron chi connectivity index (χ3n) is 3.23. The standard InChI is InChI=1S/C16H23NO3/c1-4-5-6-7-13-8-9-14(12(2)10-13)16(19)17-11-15(18)20-3/h8-10H,4-7,11H2,1-3H3,(H,17,19). The number of ether oxygens (including phenoxy) is 1. The van der Waals surface area contributed by atoms with Gasteiger partial charge in [0.2, 0.25) is 0 Å². The van der Waals surface area contributed by atoms with Gasteiger partial charge in [0.1, 0.15) is 6.54 Å². The minimum atomic E-state index is -0.452. The van der Waals surface area contributed by atoms with Crippen molar-refractivity contribution in [1.82, 2.24) is 5.32 Å². The molecule has 1 aromatic carbocycles. The first-order valence-corrected chi connectivity index (χ1v) is 7.03. The number of amides is 1. The zero-order valence-electron chi connectivity index (χ0n) is 12.5. The van der Waals surface area contributed by atoms with Crippen molar-refractivity contribution in [2.75, 3.05) is 13.7 Å². The summed E-state index contributed by atoms with van der Waals surface area (Å²) in [6.45, 7) is 3.99. The number of hydrogen-bond donors (Lipinski definition) is 1. The summed E-state index contributed by atoms with van der Waals surface area (Å²) in [5, 5.41) is 2.55. The van der Waals surface area contributed by atoms with Crippen LogP contribution in [0, 0.1) is 6.92 Å². The summed E-state index contributed by atoms with van der Waals surface area (Å²) >= 11 is 0. The molecule has 0 saturated heterocycles. The second-order valence-electron chi connectivity index (χ2n) is 4.87. The second kappa shape index (κ2) is 8.35.